The van der Waals surface area contributed by atoms with Gasteiger partial charge in [0.15, 0.2) is 0 Å². The summed E-state index contributed by atoms with van der Waals surface area (Å²) >= 11 is 0. The first-order valence-electron chi connectivity index (χ1n) is 12.9. The molecular weight excluding hydrogens is 486 g/mol. The van der Waals surface area contributed by atoms with E-state index in [0.717, 1.165) is 18.4 Å². The molecule has 8 nitrogen and oxygen atoms in total. The Balaban J connectivity index is 1.85. The monoisotopic (exact) mass is 521 g/mol. The van der Waals surface area contributed by atoms with Crippen molar-refractivity contribution in [3.05, 3.63) is 65.4 Å². The molecule has 2 aromatic carbocycles. The molecule has 1 aliphatic rings. The van der Waals surface area contributed by atoms with Crippen LogP contribution in [-0.4, -0.2) is 67.2 Å². The van der Waals surface area contributed by atoms with Crippen LogP contribution in [0.1, 0.15) is 43.5 Å². The maximum absolute atomic E-state index is 13.6. The van der Waals surface area contributed by atoms with Gasteiger partial charge in [-0.2, -0.15) is 14.7 Å². The topological polar surface area (TPSA) is 91.5 Å². The molecule has 3 aromatic rings. The van der Waals surface area contributed by atoms with Crippen LogP contribution in [0.3, 0.4) is 0 Å². The summed E-state index contributed by atoms with van der Waals surface area (Å²) in [7, 11) is -1.71. The second-order valence-electron chi connectivity index (χ2n) is 9.38. The van der Waals surface area contributed by atoms with Gasteiger partial charge in [-0.15, -0.1) is 0 Å². The number of rotatable bonds is 10. The number of ether oxygens (including phenoxy) is 1. The summed E-state index contributed by atoms with van der Waals surface area (Å²) in [5.74, 6) is 0.555. The highest BCUT2D eigenvalue weighted by atomic mass is 32.2. The lowest BCUT2D eigenvalue weighted by Gasteiger charge is -2.31. The van der Waals surface area contributed by atoms with Crippen molar-refractivity contribution in [1.82, 2.24) is 19.0 Å². The summed E-state index contributed by atoms with van der Waals surface area (Å²) in [6, 6.07) is 17.3. The summed E-state index contributed by atoms with van der Waals surface area (Å²) in [5.41, 5.74) is 3.37. The van der Waals surface area contributed by atoms with E-state index in [4.69, 9.17) is 9.84 Å². The third-order valence-corrected chi connectivity index (χ3v) is 8.45. The summed E-state index contributed by atoms with van der Waals surface area (Å²) in [6.07, 6.45) is 2.13. The van der Waals surface area contributed by atoms with Gasteiger partial charge < -0.3 is 9.64 Å². The summed E-state index contributed by atoms with van der Waals surface area (Å²) in [5, 5.41) is 15.1. The van der Waals surface area contributed by atoms with Crippen LogP contribution in [0.25, 0.3) is 11.3 Å². The number of likely N-dealkylation sites (N-methyl/N-ethyl adjacent to an activating group) is 1. The zero-order valence-electron chi connectivity index (χ0n) is 21.9. The quantitative estimate of drug-likeness (QED) is 0.398. The van der Waals surface area contributed by atoms with E-state index in [2.05, 4.69) is 17.9 Å². The maximum Gasteiger partial charge on any atom is 0.243 e. The minimum absolute atomic E-state index is 0.202. The lowest BCUT2D eigenvalue weighted by Crippen LogP contribution is -2.47. The lowest BCUT2D eigenvalue weighted by atomic mass is 10.0. The number of piperazine rings is 1. The predicted molar refractivity (Wildman–Crippen MR) is 144 cm³/mol. The molecule has 9 heteroatoms. The van der Waals surface area contributed by atoms with Gasteiger partial charge in [-0.3, -0.25) is 4.68 Å². The second kappa shape index (κ2) is 11.9. The Kier molecular flexibility index (Phi) is 8.64. The average molecular weight is 522 g/mol. The van der Waals surface area contributed by atoms with Crippen LogP contribution in [-0.2, 0) is 23.0 Å². The number of hydrogen-bond donors (Lipinski definition) is 0. The minimum Gasteiger partial charge on any atom is -0.493 e. The smallest absolute Gasteiger partial charge is 0.243 e. The molecule has 1 fully saturated rings. The van der Waals surface area contributed by atoms with Crippen molar-refractivity contribution < 1.29 is 13.2 Å². The van der Waals surface area contributed by atoms with Crippen LogP contribution in [0, 0.1) is 11.3 Å². The van der Waals surface area contributed by atoms with Crippen LogP contribution < -0.4 is 4.74 Å². The number of sulfonamides is 1. The predicted octanol–water partition coefficient (Wildman–Crippen LogP) is 4.15. The van der Waals surface area contributed by atoms with E-state index in [-0.39, 0.29) is 4.90 Å². The van der Waals surface area contributed by atoms with Crippen LogP contribution in [0.15, 0.2) is 53.4 Å². The first-order valence-corrected chi connectivity index (χ1v) is 14.3. The van der Waals surface area contributed by atoms with E-state index in [0.29, 0.717) is 74.0 Å². The van der Waals surface area contributed by atoms with Crippen molar-refractivity contribution >= 4 is 10.0 Å². The molecule has 0 radical (unpaired) electrons. The van der Waals surface area contributed by atoms with Gasteiger partial charge in [0.1, 0.15) is 17.4 Å². The summed E-state index contributed by atoms with van der Waals surface area (Å²) in [4.78, 5) is 2.32. The fourth-order valence-corrected chi connectivity index (χ4v) is 6.01. The van der Waals surface area contributed by atoms with E-state index in [1.807, 2.05) is 49.0 Å². The molecule has 0 unspecified atom stereocenters. The Hall–Kier alpha value is -3.19. The van der Waals surface area contributed by atoms with Gasteiger partial charge in [-0.1, -0.05) is 44.2 Å². The fraction of sp³-hybridized carbons (Fsp3) is 0.429. The molecule has 2 heterocycles. The van der Waals surface area contributed by atoms with Gasteiger partial charge >= 0.3 is 0 Å². The van der Waals surface area contributed by atoms with Crippen molar-refractivity contribution in [3.8, 4) is 23.1 Å². The number of nitrogens with zero attached hydrogens (tertiary/aromatic N) is 5. The van der Waals surface area contributed by atoms with E-state index in [1.165, 1.54) is 4.31 Å². The molecule has 4 rings (SSSR count). The molecule has 1 saturated heterocycles. The molecule has 1 aromatic heterocycles. The van der Waals surface area contributed by atoms with Crippen molar-refractivity contribution in [3.63, 3.8) is 0 Å². The number of benzene rings is 2. The van der Waals surface area contributed by atoms with Crippen molar-refractivity contribution in [2.75, 3.05) is 39.8 Å². The largest absolute Gasteiger partial charge is 0.493 e. The zero-order valence-corrected chi connectivity index (χ0v) is 22.7. The highest BCUT2D eigenvalue weighted by Crippen LogP contribution is 2.37. The standard InChI is InChI=1S/C28H35N5O3S/c1-4-13-33-28(25(21-29)26(30-33)19-22-9-7-6-8-10-22)24-20-23(11-12-27(24)36-18-5-2)37(34,35)32-16-14-31(3)15-17-32/h6-12,20H,4-5,13-19H2,1-3H3. The average Bonchev–Trinajstić information content (AvgIpc) is 3.24. The highest BCUT2D eigenvalue weighted by molar-refractivity contribution is 7.89. The summed E-state index contributed by atoms with van der Waals surface area (Å²) in [6.45, 7) is 7.42. The van der Waals surface area contributed by atoms with E-state index >= 15 is 0 Å². The molecule has 37 heavy (non-hydrogen) atoms. The second-order valence-corrected chi connectivity index (χ2v) is 11.3. The molecule has 0 aliphatic carbocycles. The number of nitriles is 1. The Labute approximate surface area is 220 Å². The van der Waals surface area contributed by atoms with Crippen molar-refractivity contribution in [2.24, 2.45) is 0 Å². The van der Waals surface area contributed by atoms with Gasteiger partial charge in [0, 0.05) is 44.7 Å². The SMILES string of the molecule is CCCOc1ccc(S(=O)(=O)N2CCN(C)CC2)cc1-c1c(C#N)c(Cc2ccccc2)nn1CCC. The molecule has 1 aliphatic heterocycles. The zero-order chi connectivity index (χ0) is 26.4. The van der Waals surface area contributed by atoms with Gasteiger partial charge in [-0.05, 0) is 43.7 Å². The molecular formula is C28H35N5O3S. The molecule has 0 spiro atoms. The summed E-state index contributed by atoms with van der Waals surface area (Å²) < 4.78 is 36.6. The van der Waals surface area contributed by atoms with E-state index < -0.39 is 10.0 Å². The van der Waals surface area contributed by atoms with Gasteiger partial charge in [0.2, 0.25) is 10.0 Å². The Morgan fingerprint density at radius 1 is 1.03 bits per heavy atom. The Bertz CT molecular complexity index is 1350. The molecule has 0 N–H and O–H groups in total. The van der Waals surface area contributed by atoms with Crippen LogP contribution in [0.4, 0.5) is 0 Å². The van der Waals surface area contributed by atoms with Gasteiger partial charge in [0.25, 0.3) is 0 Å². The highest BCUT2D eigenvalue weighted by Gasteiger charge is 2.30. The lowest BCUT2D eigenvalue weighted by molar-refractivity contribution is 0.222. The van der Waals surface area contributed by atoms with Crippen molar-refractivity contribution in [1.29, 1.82) is 5.26 Å². The van der Waals surface area contributed by atoms with Gasteiger partial charge in [-0.25, -0.2) is 8.42 Å². The minimum atomic E-state index is -3.70. The fourth-order valence-electron chi connectivity index (χ4n) is 4.56. The number of hydrogen-bond acceptors (Lipinski definition) is 6. The Morgan fingerprint density at radius 3 is 2.41 bits per heavy atom. The van der Waals surface area contributed by atoms with Gasteiger partial charge in [0.05, 0.1) is 22.9 Å². The maximum atomic E-state index is 13.6. The number of aryl methyl sites for hydroxylation is 1. The molecule has 0 saturated carbocycles. The molecule has 0 amide bonds. The van der Waals surface area contributed by atoms with Crippen LogP contribution in [0.5, 0.6) is 5.75 Å². The van der Waals surface area contributed by atoms with Crippen LogP contribution >= 0.6 is 0 Å². The van der Waals surface area contributed by atoms with E-state index in [1.54, 1.807) is 18.2 Å². The van der Waals surface area contributed by atoms with E-state index in [9.17, 15) is 13.7 Å². The Morgan fingerprint density at radius 2 is 1.76 bits per heavy atom. The normalized spacial score (nSPS) is 15.0. The van der Waals surface area contributed by atoms with Crippen LogP contribution in [0.2, 0.25) is 0 Å². The molecule has 0 atom stereocenters. The third kappa shape index (κ3) is 5.87. The first-order chi connectivity index (χ1) is 17.9. The third-order valence-electron chi connectivity index (χ3n) is 6.55. The number of aromatic nitrogens is 2. The molecule has 196 valence electrons. The molecule has 0 bridgehead atoms. The van der Waals surface area contributed by atoms with Crippen molar-refractivity contribution in [2.45, 2.75) is 44.6 Å². The first kappa shape index (κ1) is 26.9.